The molecule has 0 radical (unpaired) electrons. The maximum Gasteiger partial charge on any atom is 0.254 e. The van der Waals surface area contributed by atoms with E-state index in [1.54, 1.807) is 4.90 Å². The van der Waals surface area contributed by atoms with E-state index in [1.807, 2.05) is 49.4 Å². The predicted octanol–water partition coefficient (Wildman–Crippen LogP) is 3.71. The molecule has 124 valence electrons. The number of aryl methyl sites for hydroxylation is 1. The molecule has 4 heteroatoms. The van der Waals surface area contributed by atoms with Gasteiger partial charge in [0, 0.05) is 17.8 Å². The van der Waals surface area contributed by atoms with Crippen molar-refractivity contribution in [3.63, 3.8) is 0 Å². The number of rotatable bonds is 4. The van der Waals surface area contributed by atoms with E-state index in [4.69, 9.17) is 0 Å². The van der Waals surface area contributed by atoms with Crippen LogP contribution in [-0.2, 0) is 11.3 Å². The number of carbonyl (C=O) groups is 2. The minimum absolute atomic E-state index is 0.0688. The molecule has 0 atom stereocenters. The highest BCUT2D eigenvalue weighted by molar-refractivity contribution is 6.02. The lowest BCUT2D eigenvalue weighted by Crippen LogP contribution is -2.33. The molecule has 4 nitrogen and oxygen atoms in total. The van der Waals surface area contributed by atoms with Crippen LogP contribution in [-0.4, -0.2) is 23.3 Å². The first kappa shape index (κ1) is 16.2. The number of carbonyl (C=O) groups excluding carboxylic acids is 2. The quantitative estimate of drug-likeness (QED) is 0.933. The van der Waals surface area contributed by atoms with Gasteiger partial charge in [0.2, 0.25) is 5.91 Å². The number of benzene rings is 2. The van der Waals surface area contributed by atoms with Crippen molar-refractivity contribution in [3.8, 4) is 0 Å². The molecule has 2 aromatic carbocycles. The lowest BCUT2D eigenvalue weighted by Gasteiger charge is -2.19. The van der Waals surface area contributed by atoms with Crippen LogP contribution in [0.3, 0.4) is 0 Å². The summed E-state index contributed by atoms with van der Waals surface area (Å²) in [6.07, 6.45) is 0. The molecule has 1 aliphatic rings. The van der Waals surface area contributed by atoms with Crippen LogP contribution in [0.1, 0.15) is 46.8 Å². The third kappa shape index (κ3) is 3.04. The van der Waals surface area contributed by atoms with Crippen molar-refractivity contribution in [1.29, 1.82) is 0 Å². The first-order valence-corrected chi connectivity index (χ1v) is 8.24. The van der Waals surface area contributed by atoms with Crippen molar-refractivity contribution in [3.05, 3.63) is 64.7 Å². The monoisotopic (exact) mass is 322 g/mol. The highest BCUT2D eigenvalue weighted by Crippen LogP contribution is 2.28. The Kier molecular flexibility index (Phi) is 4.38. The van der Waals surface area contributed by atoms with Gasteiger partial charge in [-0.05, 0) is 35.6 Å². The van der Waals surface area contributed by atoms with Gasteiger partial charge in [-0.25, -0.2) is 0 Å². The van der Waals surface area contributed by atoms with Gasteiger partial charge in [0.05, 0.1) is 0 Å². The molecule has 0 saturated heterocycles. The molecule has 24 heavy (non-hydrogen) atoms. The highest BCUT2D eigenvalue weighted by Gasteiger charge is 2.28. The van der Waals surface area contributed by atoms with Gasteiger partial charge in [0.25, 0.3) is 5.91 Å². The second-order valence-corrected chi connectivity index (χ2v) is 6.56. The standard InChI is InChI=1S/C20H22N2O2/c1-13(2)16-10-6-7-14(3)19(16)21-18(23)12-22-11-15-8-4-5-9-17(15)20(22)24/h4-10,13H,11-12H2,1-3H3,(H,21,23). The highest BCUT2D eigenvalue weighted by atomic mass is 16.2. The first-order chi connectivity index (χ1) is 11.5. The van der Waals surface area contributed by atoms with Gasteiger partial charge in [-0.1, -0.05) is 50.2 Å². The molecule has 3 rings (SSSR count). The Morgan fingerprint density at radius 1 is 1.17 bits per heavy atom. The summed E-state index contributed by atoms with van der Waals surface area (Å²) in [5.41, 5.74) is 4.68. The predicted molar refractivity (Wildman–Crippen MR) is 95.1 cm³/mol. The average molecular weight is 322 g/mol. The van der Waals surface area contributed by atoms with Crippen molar-refractivity contribution >= 4 is 17.5 Å². The van der Waals surface area contributed by atoms with Crippen LogP contribution in [0.25, 0.3) is 0 Å². The Morgan fingerprint density at radius 2 is 1.92 bits per heavy atom. The Hall–Kier alpha value is -2.62. The second kappa shape index (κ2) is 6.48. The summed E-state index contributed by atoms with van der Waals surface area (Å²) in [4.78, 5) is 26.5. The third-order valence-corrected chi connectivity index (χ3v) is 4.42. The number of para-hydroxylation sites is 1. The smallest absolute Gasteiger partial charge is 0.254 e. The van der Waals surface area contributed by atoms with Gasteiger partial charge in [-0.3, -0.25) is 9.59 Å². The summed E-state index contributed by atoms with van der Waals surface area (Å²) >= 11 is 0. The normalized spacial score (nSPS) is 13.3. The summed E-state index contributed by atoms with van der Waals surface area (Å²) in [5.74, 6) is 0.0832. The Morgan fingerprint density at radius 3 is 2.62 bits per heavy atom. The molecule has 1 N–H and O–H groups in total. The van der Waals surface area contributed by atoms with Crippen LogP contribution in [0.2, 0.25) is 0 Å². The van der Waals surface area contributed by atoms with Crippen LogP contribution >= 0.6 is 0 Å². The molecule has 0 fully saturated rings. The van der Waals surface area contributed by atoms with Crippen molar-refractivity contribution in [1.82, 2.24) is 4.90 Å². The number of fused-ring (bicyclic) bond motifs is 1. The summed E-state index contributed by atoms with van der Waals surface area (Å²) in [5, 5.41) is 3.00. The fraction of sp³-hybridized carbons (Fsp3) is 0.300. The summed E-state index contributed by atoms with van der Waals surface area (Å²) in [6, 6.07) is 13.5. The summed E-state index contributed by atoms with van der Waals surface area (Å²) < 4.78 is 0. The fourth-order valence-electron chi connectivity index (χ4n) is 3.14. The topological polar surface area (TPSA) is 49.4 Å². The van der Waals surface area contributed by atoms with Crippen LogP contribution in [0, 0.1) is 6.92 Å². The Bertz CT molecular complexity index is 796. The molecule has 1 heterocycles. The van der Waals surface area contributed by atoms with Crippen LogP contribution in [0.5, 0.6) is 0 Å². The van der Waals surface area contributed by atoms with E-state index in [9.17, 15) is 9.59 Å². The van der Waals surface area contributed by atoms with Crippen molar-refractivity contribution in [2.75, 3.05) is 11.9 Å². The first-order valence-electron chi connectivity index (χ1n) is 8.24. The van der Waals surface area contributed by atoms with E-state index < -0.39 is 0 Å². The lowest BCUT2D eigenvalue weighted by atomic mass is 9.98. The molecule has 0 aliphatic carbocycles. The van der Waals surface area contributed by atoms with E-state index in [0.717, 1.165) is 22.4 Å². The minimum atomic E-state index is -0.160. The van der Waals surface area contributed by atoms with Gasteiger partial charge >= 0.3 is 0 Å². The van der Waals surface area contributed by atoms with E-state index in [0.29, 0.717) is 18.0 Å². The molecule has 0 aromatic heterocycles. The molecule has 1 aliphatic heterocycles. The number of hydrogen-bond acceptors (Lipinski definition) is 2. The largest absolute Gasteiger partial charge is 0.325 e. The van der Waals surface area contributed by atoms with E-state index in [2.05, 4.69) is 19.2 Å². The zero-order valence-electron chi connectivity index (χ0n) is 14.3. The van der Waals surface area contributed by atoms with E-state index in [1.165, 1.54) is 0 Å². The Labute approximate surface area is 142 Å². The molecule has 2 aromatic rings. The molecule has 2 amide bonds. The van der Waals surface area contributed by atoms with Crippen LogP contribution < -0.4 is 5.32 Å². The average Bonchev–Trinajstić information content (AvgIpc) is 2.85. The molecule has 0 bridgehead atoms. The van der Waals surface area contributed by atoms with Gasteiger partial charge in [0.15, 0.2) is 0 Å². The van der Waals surface area contributed by atoms with Gasteiger partial charge in [-0.15, -0.1) is 0 Å². The molecule has 0 spiro atoms. The fourth-order valence-corrected chi connectivity index (χ4v) is 3.14. The van der Waals surface area contributed by atoms with Crippen molar-refractivity contribution in [2.45, 2.75) is 33.2 Å². The summed E-state index contributed by atoms with van der Waals surface area (Å²) in [7, 11) is 0. The van der Waals surface area contributed by atoms with Crippen LogP contribution in [0.4, 0.5) is 5.69 Å². The molecule has 0 unspecified atom stereocenters. The van der Waals surface area contributed by atoms with Gasteiger partial charge in [0.1, 0.15) is 6.54 Å². The van der Waals surface area contributed by atoms with Crippen LogP contribution in [0.15, 0.2) is 42.5 Å². The Balaban J connectivity index is 1.73. The lowest BCUT2D eigenvalue weighted by molar-refractivity contribution is -0.116. The summed E-state index contributed by atoms with van der Waals surface area (Å²) in [6.45, 7) is 6.75. The van der Waals surface area contributed by atoms with Gasteiger partial charge in [-0.2, -0.15) is 0 Å². The molecule has 0 saturated carbocycles. The number of nitrogens with zero attached hydrogens (tertiary/aromatic N) is 1. The second-order valence-electron chi connectivity index (χ2n) is 6.56. The van der Waals surface area contributed by atoms with Gasteiger partial charge < -0.3 is 10.2 Å². The van der Waals surface area contributed by atoms with E-state index >= 15 is 0 Å². The number of anilines is 1. The zero-order chi connectivity index (χ0) is 17.3. The third-order valence-electron chi connectivity index (χ3n) is 4.42. The van der Waals surface area contributed by atoms with Crippen molar-refractivity contribution in [2.24, 2.45) is 0 Å². The zero-order valence-corrected chi connectivity index (χ0v) is 14.3. The van der Waals surface area contributed by atoms with E-state index in [-0.39, 0.29) is 18.4 Å². The number of nitrogens with one attached hydrogen (secondary N) is 1. The maximum atomic E-state index is 12.5. The number of hydrogen-bond donors (Lipinski definition) is 1. The molecular formula is C20H22N2O2. The van der Waals surface area contributed by atoms with Crippen molar-refractivity contribution < 1.29 is 9.59 Å². The molecular weight excluding hydrogens is 300 g/mol. The minimum Gasteiger partial charge on any atom is -0.325 e. The maximum absolute atomic E-state index is 12.5. The SMILES string of the molecule is Cc1cccc(C(C)C)c1NC(=O)CN1Cc2ccccc2C1=O. The number of amides is 2.